The van der Waals surface area contributed by atoms with E-state index >= 15 is 0 Å². The van der Waals surface area contributed by atoms with Crippen LogP contribution in [0.25, 0.3) is 32.3 Å². The van der Waals surface area contributed by atoms with Crippen molar-refractivity contribution in [1.29, 1.82) is 0 Å². The molecule has 0 heterocycles. The van der Waals surface area contributed by atoms with Gasteiger partial charge in [0.1, 0.15) is 0 Å². The van der Waals surface area contributed by atoms with Crippen LogP contribution < -0.4 is 10.9 Å². The Balaban J connectivity index is 2.28. The second-order valence-electron chi connectivity index (χ2n) is 7.04. The van der Waals surface area contributed by atoms with Crippen LogP contribution in [0, 0.1) is 0 Å². The molecule has 0 fully saturated rings. The van der Waals surface area contributed by atoms with Crippen LogP contribution in [0.1, 0.15) is 0 Å². The van der Waals surface area contributed by atoms with Crippen molar-refractivity contribution in [3.63, 3.8) is 0 Å². The highest BCUT2D eigenvalue weighted by molar-refractivity contribution is 6.74. The molecule has 0 amide bonds. The van der Waals surface area contributed by atoms with Crippen LogP contribution >= 0.6 is 0 Å². The summed E-state index contributed by atoms with van der Waals surface area (Å²) in [6, 6.07) is 18.4. The van der Waals surface area contributed by atoms with E-state index in [0.717, 1.165) is 0 Å². The number of hydrogen-bond donors (Lipinski definition) is 0. The molecule has 0 bridgehead atoms. The van der Waals surface area contributed by atoms with Crippen molar-refractivity contribution in [2.75, 3.05) is 0 Å². The molecule has 2 heteroatoms. The number of rotatable bonds is 2. The molecule has 106 valence electrons. The van der Waals surface area contributed by atoms with Crippen LogP contribution in [0.4, 0.5) is 0 Å². The maximum atomic E-state index is 2.34. The summed E-state index contributed by atoms with van der Waals surface area (Å²) in [4.78, 5) is 0. The van der Waals surface area contributed by atoms with Crippen molar-refractivity contribution in [3.8, 4) is 0 Å². The summed E-state index contributed by atoms with van der Waals surface area (Å²) in [7, 11) is 0. The summed E-state index contributed by atoms with van der Waals surface area (Å²) >= 11 is 0. The predicted octanol–water partition coefficient (Wildman–Crippen LogP) is 4.51. The van der Waals surface area contributed by atoms with Crippen molar-refractivity contribution < 1.29 is 0 Å². The summed E-state index contributed by atoms with van der Waals surface area (Å²) in [5.41, 5.74) is 2.91. The summed E-state index contributed by atoms with van der Waals surface area (Å²) in [5.74, 6) is 0. The van der Waals surface area contributed by atoms with Crippen molar-refractivity contribution in [3.05, 3.63) is 48.5 Å². The van der Waals surface area contributed by atoms with E-state index in [1.165, 1.54) is 43.2 Å². The molecule has 22 heavy (non-hydrogen) atoms. The lowest BCUT2D eigenvalue weighted by atomic mass is 9.47. The standard InChI is InChI=1S/C20H20B2/c1-21(2)17-11-7-13-5-6-14-8-12-18(22(3)4)16-10-9-15(17)19(13)20(14)16/h5-12H,1-4H3. The highest BCUT2D eigenvalue weighted by atomic mass is 14.1. The fourth-order valence-corrected chi connectivity index (χ4v) is 3.85. The Bertz CT molecular complexity index is 902. The van der Waals surface area contributed by atoms with E-state index in [0.29, 0.717) is 13.4 Å². The monoisotopic (exact) mass is 282 g/mol. The first-order chi connectivity index (χ1) is 10.6. The molecular weight excluding hydrogens is 262 g/mol. The van der Waals surface area contributed by atoms with Gasteiger partial charge in [-0.05, 0) is 32.3 Å². The summed E-state index contributed by atoms with van der Waals surface area (Å²) in [6.07, 6.45) is 0. The van der Waals surface area contributed by atoms with E-state index in [1.807, 2.05) is 0 Å². The quantitative estimate of drug-likeness (QED) is 0.375. The molecule has 4 rings (SSSR count). The van der Waals surface area contributed by atoms with E-state index < -0.39 is 0 Å². The molecule has 0 saturated heterocycles. The molecule has 0 N–H and O–H groups in total. The molecule has 0 aliphatic carbocycles. The summed E-state index contributed by atoms with van der Waals surface area (Å²) in [5, 5.41) is 8.46. The maximum Gasteiger partial charge on any atom is 0.170 e. The second kappa shape index (κ2) is 4.78. The molecule has 4 aromatic carbocycles. The molecule has 0 saturated carbocycles. The average Bonchev–Trinajstić information content (AvgIpc) is 2.51. The molecule has 0 aliphatic rings. The minimum atomic E-state index is 0.550. The Morgan fingerprint density at radius 1 is 0.500 bits per heavy atom. The van der Waals surface area contributed by atoms with Gasteiger partial charge >= 0.3 is 0 Å². The highest BCUT2D eigenvalue weighted by Gasteiger charge is 2.16. The largest absolute Gasteiger partial charge is 0.170 e. The maximum absolute atomic E-state index is 2.34. The smallest absolute Gasteiger partial charge is 0.0819 e. The van der Waals surface area contributed by atoms with Gasteiger partial charge in [0.2, 0.25) is 0 Å². The Labute approximate surface area is 133 Å². The normalized spacial score (nSPS) is 11.6. The van der Waals surface area contributed by atoms with E-state index in [1.54, 1.807) is 0 Å². The molecule has 0 spiro atoms. The molecular formula is C20H20B2. The zero-order valence-corrected chi connectivity index (χ0v) is 13.8. The van der Waals surface area contributed by atoms with Crippen molar-refractivity contribution >= 4 is 56.7 Å². The van der Waals surface area contributed by atoms with Crippen molar-refractivity contribution in [2.45, 2.75) is 27.3 Å². The minimum absolute atomic E-state index is 0.550. The molecule has 0 nitrogen and oxygen atoms in total. The van der Waals surface area contributed by atoms with E-state index in [-0.39, 0.29) is 0 Å². The van der Waals surface area contributed by atoms with Crippen molar-refractivity contribution in [1.82, 2.24) is 0 Å². The predicted molar refractivity (Wildman–Crippen MR) is 104 cm³/mol. The third-order valence-corrected chi connectivity index (χ3v) is 4.98. The van der Waals surface area contributed by atoms with E-state index in [9.17, 15) is 0 Å². The zero-order chi connectivity index (χ0) is 15.4. The van der Waals surface area contributed by atoms with Crippen LogP contribution in [-0.2, 0) is 0 Å². The van der Waals surface area contributed by atoms with E-state index in [2.05, 4.69) is 75.8 Å². The molecule has 4 aromatic rings. The van der Waals surface area contributed by atoms with E-state index in [4.69, 9.17) is 0 Å². The van der Waals surface area contributed by atoms with Gasteiger partial charge in [-0.1, -0.05) is 86.7 Å². The molecule has 0 radical (unpaired) electrons. The molecule has 0 aliphatic heterocycles. The van der Waals surface area contributed by atoms with Crippen LogP contribution in [0.5, 0.6) is 0 Å². The fraction of sp³-hybridized carbons (Fsp3) is 0.200. The first-order valence-electron chi connectivity index (χ1n) is 8.28. The van der Waals surface area contributed by atoms with Crippen LogP contribution in [0.3, 0.4) is 0 Å². The van der Waals surface area contributed by atoms with Gasteiger partial charge in [0, 0.05) is 0 Å². The minimum Gasteiger partial charge on any atom is -0.0819 e. The van der Waals surface area contributed by atoms with Crippen LogP contribution in [0.2, 0.25) is 27.3 Å². The molecule has 0 atom stereocenters. The highest BCUT2D eigenvalue weighted by Crippen LogP contribution is 2.33. The fourth-order valence-electron chi connectivity index (χ4n) is 3.85. The van der Waals surface area contributed by atoms with Gasteiger partial charge in [-0.25, -0.2) is 0 Å². The first-order valence-corrected chi connectivity index (χ1v) is 8.28. The lowest BCUT2D eigenvalue weighted by Gasteiger charge is -2.17. The summed E-state index contributed by atoms with van der Waals surface area (Å²) in [6.45, 7) is 10.2. The van der Waals surface area contributed by atoms with Gasteiger partial charge in [0.05, 0.1) is 0 Å². The Kier molecular flexibility index (Phi) is 2.97. The topological polar surface area (TPSA) is 0 Å². The molecule has 0 unspecified atom stereocenters. The van der Waals surface area contributed by atoms with Gasteiger partial charge in [-0.15, -0.1) is 0 Å². The summed E-state index contributed by atoms with van der Waals surface area (Å²) < 4.78 is 0. The number of benzene rings is 4. The van der Waals surface area contributed by atoms with Crippen molar-refractivity contribution in [2.24, 2.45) is 0 Å². The van der Waals surface area contributed by atoms with Gasteiger partial charge < -0.3 is 0 Å². The lowest BCUT2D eigenvalue weighted by Crippen LogP contribution is -2.25. The Morgan fingerprint density at radius 3 is 1.23 bits per heavy atom. The van der Waals surface area contributed by atoms with Gasteiger partial charge in [-0.2, -0.15) is 0 Å². The van der Waals surface area contributed by atoms with Crippen LogP contribution in [0.15, 0.2) is 48.5 Å². The SMILES string of the molecule is CB(C)c1ccc2ccc3ccc(B(C)C)c4ccc1c2c34. The lowest BCUT2D eigenvalue weighted by molar-refractivity contribution is 1.79. The zero-order valence-electron chi connectivity index (χ0n) is 13.8. The third kappa shape index (κ3) is 1.80. The third-order valence-electron chi connectivity index (χ3n) is 4.98. The Hall–Kier alpha value is -1.95. The number of hydrogen-bond acceptors (Lipinski definition) is 0. The Morgan fingerprint density at radius 2 is 0.864 bits per heavy atom. The first kappa shape index (κ1) is 13.7. The van der Waals surface area contributed by atoms with Gasteiger partial charge in [0.25, 0.3) is 0 Å². The average molecular weight is 282 g/mol. The van der Waals surface area contributed by atoms with Gasteiger partial charge in [0.15, 0.2) is 13.4 Å². The second-order valence-corrected chi connectivity index (χ2v) is 7.04. The van der Waals surface area contributed by atoms with Gasteiger partial charge in [-0.3, -0.25) is 0 Å². The molecule has 0 aromatic heterocycles. The van der Waals surface area contributed by atoms with Crippen LogP contribution in [-0.4, -0.2) is 13.4 Å².